The van der Waals surface area contributed by atoms with E-state index in [1.807, 2.05) is 10.8 Å². The van der Waals surface area contributed by atoms with Crippen LogP contribution in [0.1, 0.15) is 5.56 Å². The summed E-state index contributed by atoms with van der Waals surface area (Å²) in [6.45, 7) is 1.01. The van der Waals surface area contributed by atoms with Gasteiger partial charge in [0.2, 0.25) is 5.91 Å². The molecule has 3 rings (SSSR count). The van der Waals surface area contributed by atoms with Crippen molar-refractivity contribution >= 4 is 5.91 Å². The van der Waals surface area contributed by atoms with E-state index >= 15 is 0 Å². The molecule has 122 valence electrons. The molecule has 7 heteroatoms. The number of benzene rings is 1. The fourth-order valence-corrected chi connectivity index (χ4v) is 2.28. The number of hydrogen-bond donors (Lipinski definition) is 1. The molecule has 0 saturated heterocycles. The van der Waals surface area contributed by atoms with Crippen LogP contribution in [0.25, 0.3) is 11.6 Å². The maximum atomic E-state index is 12.8. The summed E-state index contributed by atoms with van der Waals surface area (Å²) >= 11 is 0. The van der Waals surface area contributed by atoms with Gasteiger partial charge in [-0.2, -0.15) is 0 Å². The van der Waals surface area contributed by atoms with Crippen molar-refractivity contribution in [1.29, 1.82) is 0 Å². The molecule has 0 atom stereocenters. The quantitative estimate of drug-likeness (QED) is 0.750. The molecule has 0 bridgehead atoms. The summed E-state index contributed by atoms with van der Waals surface area (Å²) in [7, 11) is 0. The van der Waals surface area contributed by atoms with Crippen LogP contribution in [0.2, 0.25) is 0 Å². The third-order valence-electron chi connectivity index (χ3n) is 3.43. The summed E-state index contributed by atoms with van der Waals surface area (Å²) in [5.41, 5.74) is 0.773. The Morgan fingerprint density at radius 2 is 1.83 bits per heavy atom. The molecular weight excluding hydrogens is 309 g/mol. The minimum Gasteiger partial charge on any atom is -0.354 e. The molecule has 3 aromatic rings. The maximum absolute atomic E-state index is 12.8. The van der Waals surface area contributed by atoms with E-state index in [1.54, 1.807) is 36.8 Å². The minimum atomic E-state index is -0.310. The molecule has 0 aliphatic heterocycles. The summed E-state index contributed by atoms with van der Waals surface area (Å²) in [6.07, 6.45) is 7.03. The number of nitrogens with zero attached hydrogens (tertiary/aromatic N) is 4. The molecule has 0 saturated carbocycles. The summed E-state index contributed by atoms with van der Waals surface area (Å²) < 4.78 is 14.7. The second kappa shape index (κ2) is 7.45. The zero-order valence-electron chi connectivity index (χ0n) is 12.9. The zero-order chi connectivity index (χ0) is 16.8. The summed E-state index contributed by atoms with van der Waals surface area (Å²) in [6, 6.07) is 7.65. The SMILES string of the molecule is O=C(Cc1ccc(F)cc1)NCCn1ccnc1-c1ncccn1. The van der Waals surface area contributed by atoms with Crippen molar-refractivity contribution < 1.29 is 9.18 Å². The topological polar surface area (TPSA) is 72.7 Å². The second-order valence-electron chi connectivity index (χ2n) is 5.17. The third-order valence-corrected chi connectivity index (χ3v) is 3.43. The zero-order valence-corrected chi connectivity index (χ0v) is 12.9. The van der Waals surface area contributed by atoms with E-state index in [4.69, 9.17) is 0 Å². The first-order chi connectivity index (χ1) is 11.7. The van der Waals surface area contributed by atoms with Crippen molar-refractivity contribution in [3.05, 3.63) is 66.5 Å². The van der Waals surface area contributed by atoms with Crippen LogP contribution in [0, 0.1) is 5.82 Å². The van der Waals surface area contributed by atoms with Gasteiger partial charge in [-0.1, -0.05) is 12.1 Å². The fraction of sp³-hybridized carbons (Fsp3) is 0.176. The number of hydrogen-bond acceptors (Lipinski definition) is 4. The van der Waals surface area contributed by atoms with Crippen LogP contribution in [0.4, 0.5) is 4.39 Å². The van der Waals surface area contributed by atoms with E-state index in [-0.39, 0.29) is 18.1 Å². The number of carbonyl (C=O) groups excluding carboxylic acids is 1. The van der Waals surface area contributed by atoms with Gasteiger partial charge in [0.25, 0.3) is 0 Å². The molecule has 0 radical (unpaired) electrons. The Morgan fingerprint density at radius 3 is 2.58 bits per heavy atom. The number of halogens is 1. The second-order valence-corrected chi connectivity index (χ2v) is 5.17. The Hall–Kier alpha value is -3.09. The molecule has 2 aromatic heterocycles. The van der Waals surface area contributed by atoms with Crippen LogP contribution in [0.5, 0.6) is 0 Å². The largest absolute Gasteiger partial charge is 0.354 e. The van der Waals surface area contributed by atoms with Crippen molar-refractivity contribution in [2.45, 2.75) is 13.0 Å². The predicted molar refractivity (Wildman–Crippen MR) is 86.4 cm³/mol. The lowest BCUT2D eigenvalue weighted by molar-refractivity contribution is -0.120. The number of rotatable bonds is 6. The molecular formula is C17H16FN5O. The Balaban J connectivity index is 1.53. The van der Waals surface area contributed by atoms with Crippen LogP contribution in [-0.4, -0.2) is 32.0 Å². The first-order valence-electron chi connectivity index (χ1n) is 7.52. The molecule has 1 amide bonds. The molecule has 0 aliphatic rings. The summed E-state index contributed by atoms with van der Waals surface area (Å²) in [4.78, 5) is 24.5. The molecule has 6 nitrogen and oxygen atoms in total. The molecule has 24 heavy (non-hydrogen) atoms. The molecule has 1 aromatic carbocycles. The van der Waals surface area contributed by atoms with Crippen LogP contribution in [0.3, 0.4) is 0 Å². The van der Waals surface area contributed by atoms with Gasteiger partial charge >= 0.3 is 0 Å². The number of nitrogens with one attached hydrogen (secondary N) is 1. The predicted octanol–water partition coefficient (Wildman–Crippen LogP) is 1.84. The number of imidazole rings is 1. The summed E-state index contributed by atoms with van der Waals surface area (Å²) in [5.74, 6) is 0.776. The standard InChI is InChI=1S/C17H16FN5O/c18-14-4-2-13(3-5-14)12-15(24)19-8-10-23-11-9-22-17(23)16-20-6-1-7-21-16/h1-7,9,11H,8,10,12H2,(H,19,24). The average Bonchev–Trinajstić information content (AvgIpc) is 3.06. The van der Waals surface area contributed by atoms with Gasteiger partial charge in [0, 0.05) is 37.9 Å². The minimum absolute atomic E-state index is 0.112. The highest BCUT2D eigenvalue weighted by atomic mass is 19.1. The van der Waals surface area contributed by atoms with Crippen molar-refractivity contribution in [2.24, 2.45) is 0 Å². The number of carbonyl (C=O) groups is 1. The van der Waals surface area contributed by atoms with Crippen molar-refractivity contribution in [2.75, 3.05) is 6.54 Å². The van der Waals surface area contributed by atoms with Crippen LogP contribution >= 0.6 is 0 Å². The van der Waals surface area contributed by atoms with Crippen LogP contribution in [0.15, 0.2) is 55.1 Å². The van der Waals surface area contributed by atoms with Crippen molar-refractivity contribution in [3.63, 3.8) is 0 Å². The van der Waals surface area contributed by atoms with Gasteiger partial charge in [0.1, 0.15) is 5.82 Å². The van der Waals surface area contributed by atoms with Crippen molar-refractivity contribution in [1.82, 2.24) is 24.8 Å². The van der Waals surface area contributed by atoms with Gasteiger partial charge in [-0.3, -0.25) is 4.79 Å². The Bertz CT molecular complexity index is 801. The highest BCUT2D eigenvalue weighted by Gasteiger charge is 2.08. The molecule has 1 N–H and O–H groups in total. The van der Waals surface area contributed by atoms with E-state index in [9.17, 15) is 9.18 Å². The monoisotopic (exact) mass is 325 g/mol. The molecule has 0 fully saturated rings. The highest BCUT2D eigenvalue weighted by molar-refractivity contribution is 5.78. The lowest BCUT2D eigenvalue weighted by atomic mass is 10.1. The van der Waals surface area contributed by atoms with E-state index in [1.165, 1.54) is 12.1 Å². The lowest BCUT2D eigenvalue weighted by Crippen LogP contribution is -2.28. The van der Waals surface area contributed by atoms with Gasteiger partial charge in [-0.25, -0.2) is 19.3 Å². The molecule has 0 aliphatic carbocycles. The normalized spacial score (nSPS) is 10.5. The van der Waals surface area contributed by atoms with E-state index in [0.29, 0.717) is 24.7 Å². The lowest BCUT2D eigenvalue weighted by Gasteiger charge is -2.08. The molecule has 2 heterocycles. The number of aromatic nitrogens is 4. The highest BCUT2D eigenvalue weighted by Crippen LogP contribution is 2.10. The Morgan fingerprint density at radius 1 is 1.08 bits per heavy atom. The first kappa shape index (κ1) is 15.8. The van der Waals surface area contributed by atoms with E-state index in [2.05, 4.69) is 20.3 Å². The van der Waals surface area contributed by atoms with Gasteiger partial charge in [-0.15, -0.1) is 0 Å². The fourth-order valence-electron chi connectivity index (χ4n) is 2.28. The van der Waals surface area contributed by atoms with Crippen LogP contribution in [-0.2, 0) is 17.8 Å². The van der Waals surface area contributed by atoms with Gasteiger partial charge in [0.05, 0.1) is 6.42 Å². The average molecular weight is 325 g/mol. The maximum Gasteiger partial charge on any atom is 0.224 e. The van der Waals surface area contributed by atoms with E-state index in [0.717, 1.165) is 5.56 Å². The number of amides is 1. The Kier molecular flexibility index (Phi) is 4.90. The van der Waals surface area contributed by atoms with Crippen LogP contribution < -0.4 is 5.32 Å². The molecule has 0 unspecified atom stereocenters. The Labute approximate surface area is 138 Å². The van der Waals surface area contributed by atoms with Gasteiger partial charge < -0.3 is 9.88 Å². The van der Waals surface area contributed by atoms with Gasteiger partial charge in [0.15, 0.2) is 11.6 Å². The first-order valence-corrected chi connectivity index (χ1v) is 7.52. The smallest absolute Gasteiger partial charge is 0.224 e. The molecule has 0 spiro atoms. The van der Waals surface area contributed by atoms with Gasteiger partial charge in [-0.05, 0) is 23.8 Å². The summed E-state index contributed by atoms with van der Waals surface area (Å²) in [5, 5.41) is 2.84. The van der Waals surface area contributed by atoms with E-state index < -0.39 is 0 Å². The van der Waals surface area contributed by atoms with Crippen molar-refractivity contribution in [3.8, 4) is 11.6 Å². The third kappa shape index (κ3) is 4.01.